The highest BCUT2D eigenvalue weighted by Gasteiger charge is 2.20. The average molecular weight is 329 g/mol. The molecule has 0 fully saturated rings. The van der Waals surface area contributed by atoms with Gasteiger partial charge in [-0.15, -0.1) is 0 Å². The van der Waals surface area contributed by atoms with Gasteiger partial charge >= 0.3 is 6.03 Å². The summed E-state index contributed by atoms with van der Waals surface area (Å²) in [5, 5.41) is 2.97. The van der Waals surface area contributed by atoms with E-state index in [1.165, 1.54) is 0 Å². The molecule has 0 saturated heterocycles. The van der Waals surface area contributed by atoms with Gasteiger partial charge in [-0.3, -0.25) is 0 Å². The summed E-state index contributed by atoms with van der Waals surface area (Å²) in [5.41, 5.74) is 2.06. The van der Waals surface area contributed by atoms with Gasteiger partial charge in [0.2, 0.25) is 5.88 Å². The van der Waals surface area contributed by atoms with Gasteiger partial charge < -0.3 is 19.4 Å². The van der Waals surface area contributed by atoms with Crippen LogP contribution in [-0.2, 0) is 19.5 Å². The molecule has 0 atom stereocenters. The van der Waals surface area contributed by atoms with Gasteiger partial charge in [-0.05, 0) is 38.0 Å². The summed E-state index contributed by atoms with van der Waals surface area (Å²) in [4.78, 5) is 18.5. The van der Waals surface area contributed by atoms with Crippen molar-refractivity contribution in [2.75, 3.05) is 6.54 Å². The van der Waals surface area contributed by atoms with E-state index in [0.717, 1.165) is 36.3 Å². The number of fused-ring (bicyclic) bond motifs is 1. The van der Waals surface area contributed by atoms with Crippen LogP contribution in [0.5, 0.6) is 5.88 Å². The Morgan fingerprint density at radius 2 is 2.33 bits per heavy atom. The molecule has 1 aliphatic rings. The van der Waals surface area contributed by atoms with Crippen molar-refractivity contribution in [3.05, 3.63) is 47.5 Å². The van der Waals surface area contributed by atoms with Crippen molar-refractivity contribution in [3.8, 4) is 5.88 Å². The molecule has 3 rings (SSSR count). The fourth-order valence-electron chi connectivity index (χ4n) is 2.77. The number of carbonyl (C=O) groups is 1. The number of hydrogen-bond donors (Lipinski definition) is 1. The zero-order chi connectivity index (χ0) is 16.9. The lowest BCUT2D eigenvalue weighted by molar-refractivity contribution is 0.195. The van der Waals surface area contributed by atoms with Gasteiger partial charge in [0.1, 0.15) is 5.76 Å². The van der Waals surface area contributed by atoms with Gasteiger partial charge in [0.15, 0.2) is 0 Å². The molecule has 2 amide bonds. The lowest BCUT2D eigenvalue weighted by Crippen LogP contribution is -2.39. The Morgan fingerprint density at radius 1 is 1.46 bits per heavy atom. The largest absolute Gasteiger partial charge is 0.475 e. The van der Waals surface area contributed by atoms with Crippen molar-refractivity contribution in [2.45, 2.75) is 45.9 Å². The molecule has 6 heteroatoms. The van der Waals surface area contributed by atoms with E-state index in [0.29, 0.717) is 19.0 Å². The van der Waals surface area contributed by atoms with Crippen molar-refractivity contribution in [3.63, 3.8) is 0 Å². The number of amides is 2. The minimum Gasteiger partial charge on any atom is -0.475 e. The maximum atomic E-state index is 12.5. The Kier molecular flexibility index (Phi) is 5.03. The lowest BCUT2D eigenvalue weighted by atomic mass is 10.2. The van der Waals surface area contributed by atoms with Crippen molar-refractivity contribution in [1.82, 2.24) is 15.2 Å². The van der Waals surface area contributed by atoms with E-state index in [9.17, 15) is 4.79 Å². The third-order valence-corrected chi connectivity index (χ3v) is 3.92. The third kappa shape index (κ3) is 4.07. The lowest BCUT2D eigenvalue weighted by Gasteiger charge is -2.21. The van der Waals surface area contributed by atoms with Gasteiger partial charge in [-0.2, -0.15) is 0 Å². The van der Waals surface area contributed by atoms with Crippen LogP contribution in [0, 0.1) is 0 Å². The van der Waals surface area contributed by atoms with Gasteiger partial charge in [0, 0.05) is 37.3 Å². The van der Waals surface area contributed by atoms with Crippen LogP contribution in [-0.4, -0.2) is 28.6 Å². The number of furan rings is 1. The van der Waals surface area contributed by atoms with Crippen LogP contribution in [0.3, 0.4) is 0 Å². The monoisotopic (exact) mass is 329 g/mol. The highest BCUT2D eigenvalue weighted by molar-refractivity contribution is 5.74. The van der Waals surface area contributed by atoms with E-state index < -0.39 is 0 Å². The molecule has 0 aromatic carbocycles. The standard InChI is InChI=1S/C18H23N3O3/c1-13(2)24-17-10-14(5-7-19-17)11-20-18(22)21-8-3-4-16-15(12-21)6-9-23-16/h5-7,9-10,13H,3-4,8,11-12H2,1-2H3,(H,20,22). The maximum absolute atomic E-state index is 12.5. The minimum absolute atomic E-state index is 0.0628. The molecule has 3 heterocycles. The quantitative estimate of drug-likeness (QED) is 0.936. The van der Waals surface area contributed by atoms with E-state index in [4.69, 9.17) is 9.15 Å². The number of aromatic nitrogens is 1. The molecule has 1 aliphatic heterocycles. The SMILES string of the molecule is CC(C)Oc1cc(CNC(=O)N2CCCc3occc3C2)ccn1. The predicted molar refractivity (Wildman–Crippen MR) is 89.7 cm³/mol. The predicted octanol–water partition coefficient (Wildman–Crippen LogP) is 3.12. The van der Waals surface area contributed by atoms with Gasteiger partial charge in [0.05, 0.1) is 18.9 Å². The van der Waals surface area contributed by atoms with Gasteiger partial charge in [-0.25, -0.2) is 9.78 Å². The van der Waals surface area contributed by atoms with Crippen molar-refractivity contribution < 1.29 is 13.9 Å². The molecule has 0 spiro atoms. The Bertz CT molecular complexity index is 696. The Labute approximate surface area is 141 Å². The normalized spacial score (nSPS) is 14.2. The summed E-state index contributed by atoms with van der Waals surface area (Å²) >= 11 is 0. The van der Waals surface area contributed by atoms with Crippen LogP contribution in [0.1, 0.15) is 37.2 Å². The van der Waals surface area contributed by atoms with E-state index in [1.54, 1.807) is 12.5 Å². The van der Waals surface area contributed by atoms with Crippen molar-refractivity contribution in [1.29, 1.82) is 0 Å². The summed E-state index contributed by atoms with van der Waals surface area (Å²) in [6.45, 7) is 5.69. The molecule has 24 heavy (non-hydrogen) atoms. The summed E-state index contributed by atoms with van der Waals surface area (Å²) in [6, 6.07) is 5.62. The molecule has 2 aromatic rings. The Morgan fingerprint density at radius 3 is 3.17 bits per heavy atom. The molecular weight excluding hydrogens is 306 g/mol. The first-order valence-electron chi connectivity index (χ1n) is 8.31. The first kappa shape index (κ1) is 16.4. The molecular formula is C18H23N3O3. The minimum atomic E-state index is -0.0628. The Balaban J connectivity index is 1.57. The summed E-state index contributed by atoms with van der Waals surface area (Å²) in [7, 11) is 0. The number of rotatable bonds is 4. The summed E-state index contributed by atoms with van der Waals surface area (Å²) < 4.78 is 11.0. The molecule has 0 unspecified atom stereocenters. The number of carbonyl (C=O) groups excluding carboxylic acids is 1. The topological polar surface area (TPSA) is 67.6 Å². The number of nitrogens with zero attached hydrogens (tertiary/aromatic N) is 2. The van der Waals surface area contributed by atoms with Crippen LogP contribution >= 0.6 is 0 Å². The second kappa shape index (κ2) is 7.38. The molecule has 128 valence electrons. The molecule has 0 bridgehead atoms. The van der Waals surface area contributed by atoms with E-state index in [1.807, 2.05) is 36.9 Å². The smallest absolute Gasteiger partial charge is 0.317 e. The van der Waals surface area contributed by atoms with E-state index >= 15 is 0 Å². The van der Waals surface area contributed by atoms with Crippen LogP contribution < -0.4 is 10.1 Å². The molecule has 6 nitrogen and oxygen atoms in total. The number of pyridine rings is 1. The zero-order valence-corrected chi connectivity index (χ0v) is 14.1. The number of nitrogens with one attached hydrogen (secondary N) is 1. The highest BCUT2D eigenvalue weighted by atomic mass is 16.5. The second-order valence-electron chi connectivity index (χ2n) is 6.22. The second-order valence-corrected chi connectivity index (χ2v) is 6.22. The number of ether oxygens (including phenoxy) is 1. The van der Waals surface area contributed by atoms with E-state index in [-0.39, 0.29) is 12.1 Å². The van der Waals surface area contributed by atoms with Crippen LogP contribution in [0.25, 0.3) is 0 Å². The molecule has 2 aromatic heterocycles. The fourth-order valence-corrected chi connectivity index (χ4v) is 2.77. The average Bonchev–Trinajstić information content (AvgIpc) is 2.89. The van der Waals surface area contributed by atoms with E-state index in [2.05, 4.69) is 10.3 Å². The van der Waals surface area contributed by atoms with Gasteiger partial charge in [-0.1, -0.05) is 0 Å². The van der Waals surface area contributed by atoms with Crippen LogP contribution in [0.15, 0.2) is 35.1 Å². The van der Waals surface area contributed by atoms with Crippen LogP contribution in [0.2, 0.25) is 0 Å². The highest BCUT2D eigenvalue weighted by Crippen LogP contribution is 2.19. The van der Waals surface area contributed by atoms with Crippen molar-refractivity contribution in [2.24, 2.45) is 0 Å². The Hall–Kier alpha value is -2.50. The summed E-state index contributed by atoms with van der Waals surface area (Å²) in [6.07, 6.45) is 5.26. The number of urea groups is 1. The van der Waals surface area contributed by atoms with Crippen LogP contribution in [0.4, 0.5) is 4.79 Å². The zero-order valence-electron chi connectivity index (χ0n) is 14.1. The van der Waals surface area contributed by atoms with Crippen molar-refractivity contribution >= 4 is 6.03 Å². The first-order chi connectivity index (χ1) is 11.6. The molecule has 1 N–H and O–H groups in total. The summed E-state index contributed by atoms with van der Waals surface area (Å²) in [5.74, 6) is 1.57. The molecule has 0 saturated carbocycles. The number of aryl methyl sites for hydroxylation is 1. The fraction of sp³-hybridized carbons (Fsp3) is 0.444. The third-order valence-electron chi connectivity index (χ3n) is 3.92. The molecule has 0 radical (unpaired) electrons. The van der Waals surface area contributed by atoms with Gasteiger partial charge in [0.25, 0.3) is 0 Å². The molecule has 0 aliphatic carbocycles. The maximum Gasteiger partial charge on any atom is 0.317 e. The first-order valence-corrected chi connectivity index (χ1v) is 8.31. The number of hydrogen-bond acceptors (Lipinski definition) is 4.